The molecule has 1 aliphatic rings. The van der Waals surface area contributed by atoms with Crippen LogP contribution in [0.25, 0.3) is 0 Å². The Bertz CT molecular complexity index is 433. The molecule has 3 heteroatoms. The van der Waals surface area contributed by atoms with Gasteiger partial charge < -0.3 is 5.73 Å². The van der Waals surface area contributed by atoms with Gasteiger partial charge in [0.1, 0.15) is 0 Å². The molecule has 0 bridgehead atoms. The van der Waals surface area contributed by atoms with Crippen molar-refractivity contribution in [2.24, 2.45) is 23.5 Å². The van der Waals surface area contributed by atoms with E-state index in [0.29, 0.717) is 16.0 Å². The van der Waals surface area contributed by atoms with E-state index in [1.54, 1.807) is 0 Å². The highest BCUT2D eigenvalue weighted by Gasteiger charge is 2.28. The molecule has 19 heavy (non-hydrogen) atoms. The SMILES string of the molecule is CC1CCC(C(N)Cc2ccc(Cl)c(Cl)c2)CC1C. The van der Waals surface area contributed by atoms with Crippen LogP contribution in [-0.2, 0) is 6.42 Å². The van der Waals surface area contributed by atoms with Crippen LogP contribution in [0.5, 0.6) is 0 Å². The van der Waals surface area contributed by atoms with Gasteiger partial charge in [-0.3, -0.25) is 0 Å². The van der Waals surface area contributed by atoms with Crippen LogP contribution in [0.2, 0.25) is 10.0 Å². The molecule has 4 atom stereocenters. The van der Waals surface area contributed by atoms with E-state index in [4.69, 9.17) is 28.9 Å². The van der Waals surface area contributed by atoms with Crippen LogP contribution in [0.3, 0.4) is 0 Å². The highest BCUT2D eigenvalue weighted by molar-refractivity contribution is 6.42. The fourth-order valence-corrected chi connectivity index (χ4v) is 3.40. The van der Waals surface area contributed by atoms with Gasteiger partial charge in [-0.2, -0.15) is 0 Å². The summed E-state index contributed by atoms with van der Waals surface area (Å²) >= 11 is 12.0. The smallest absolute Gasteiger partial charge is 0.0595 e. The van der Waals surface area contributed by atoms with Crippen molar-refractivity contribution in [1.82, 2.24) is 0 Å². The third kappa shape index (κ3) is 3.87. The first-order valence-electron chi connectivity index (χ1n) is 7.17. The first-order valence-corrected chi connectivity index (χ1v) is 7.92. The molecule has 1 aromatic carbocycles. The maximum absolute atomic E-state index is 6.40. The molecule has 0 radical (unpaired) electrons. The first kappa shape index (κ1) is 15.2. The van der Waals surface area contributed by atoms with Gasteiger partial charge in [-0.1, -0.05) is 49.5 Å². The van der Waals surface area contributed by atoms with Crippen LogP contribution in [0.4, 0.5) is 0 Å². The van der Waals surface area contributed by atoms with Gasteiger partial charge in [0, 0.05) is 6.04 Å². The highest BCUT2D eigenvalue weighted by atomic mass is 35.5. The average molecular weight is 300 g/mol. The molecule has 0 spiro atoms. The molecular formula is C16H23Cl2N. The molecule has 1 aromatic rings. The Hall–Kier alpha value is -0.240. The van der Waals surface area contributed by atoms with Crippen LogP contribution >= 0.6 is 23.2 Å². The second-order valence-corrected chi connectivity index (χ2v) is 6.96. The molecule has 2 N–H and O–H groups in total. The monoisotopic (exact) mass is 299 g/mol. The van der Waals surface area contributed by atoms with Crippen molar-refractivity contribution in [2.75, 3.05) is 0 Å². The van der Waals surface area contributed by atoms with Crippen molar-refractivity contribution >= 4 is 23.2 Å². The van der Waals surface area contributed by atoms with Gasteiger partial charge in [0.05, 0.1) is 10.0 Å². The summed E-state index contributed by atoms with van der Waals surface area (Å²) in [5, 5.41) is 1.23. The van der Waals surface area contributed by atoms with Gasteiger partial charge in [-0.05, 0) is 54.7 Å². The predicted molar refractivity (Wildman–Crippen MR) is 83.8 cm³/mol. The zero-order valence-electron chi connectivity index (χ0n) is 11.7. The van der Waals surface area contributed by atoms with Gasteiger partial charge in [0.2, 0.25) is 0 Å². The maximum atomic E-state index is 6.40. The summed E-state index contributed by atoms with van der Waals surface area (Å²) in [6.07, 6.45) is 4.71. The van der Waals surface area contributed by atoms with E-state index in [9.17, 15) is 0 Å². The van der Waals surface area contributed by atoms with Crippen molar-refractivity contribution in [1.29, 1.82) is 0 Å². The molecule has 1 fully saturated rings. The molecule has 4 unspecified atom stereocenters. The number of nitrogens with two attached hydrogens (primary N) is 1. The van der Waals surface area contributed by atoms with Crippen LogP contribution in [0, 0.1) is 17.8 Å². The third-order valence-corrected chi connectivity index (χ3v) is 5.44. The van der Waals surface area contributed by atoms with Gasteiger partial charge >= 0.3 is 0 Å². The number of hydrogen-bond donors (Lipinski definition) is 1. The summed E-state index contributed by atoms with van der Waals surface area (Å²) in [7, 11) is 0. The van der Waals surface area contributed by atoms with E-state index in [-0.39, 0.29) is 6.04 Å². The van der Waals surface area contributed by atoms with Crippen molar-refractivity contribution in [2.45, 2.75) is 45.6 Å². The van der Waals surface area contributed by atoms with Crippen LogP contribution in [0.15, 0.2) is 18.2 Å². The summed E-state index contributed by atoms with van der Waals surface area (Å²) in [5.74, 6) is 2.27. The molecule has 0 aliphatic heterocycles. The lowest BCUT2D eigenvalue weighted by molar-refractivity contribution is 0.185. The van der Waals surface area contributed by atoms with E-state index in [2.05, 4.69) is 13.8 Å². The van der Waals surface area contributed by atoms with Gasteiger partial charge in [-0.25, -0.2) is 0 Å². The van der Waals surface area contributed by atoms with E-state index in [0.717, 1.165) is 18.3 Å². The van der Waals surface area contributed by atoms with Gasteiger partial charge in [0.25, 0.3) is 0 Å². The molecule has 0 heterocycles. The second kappa shape index (κ2) is 6.47. The zero-order chi connectivity index (χ0) is 14.0. The van der Waals surface area contributed by atoms with Crippen molar-refractivity contribution in [3.8, 4) is 0 Å². The lowest BCUT2D eigenvalue weighted by Gasteiger charge is -2.35. The number of benzene rings is 1. The minimum Gasteiger partial charge on any atom is -0.327 e. The molecule has 1 saturated carbocycles. The lowest BCUT2D eigenvalue weighted by Crippen LogP contribution is -2.37. The van der Waals surface area contributed by atoms with E-state index in [1.807, 2.05) is 18.2 Å². The Morgan fingerprint density at radius 2 is 1.89 bits per heavy atom. The van der Waals surface area contributed by atoms with Crippen molar-refractivity contribution < 1.29 is 0 Å². The molecule has 1 aliphatic carbocycles. The molecule has 0 amide bonds. The molecule has 2 rings (SSSR count). The summed E-state index contributed by atoms with van der Waals surface area (Å²) in [4.78, 5) is 0. The Morgan fingerprint density at radius 3 is 2.53 bits per heavy atom. The summed E-state index contributed by atoms with van der Waals surface area (Å²) in [5.41, 5.74) is 7.59. The summed E-state index contributed by atoms with van der Waals surface area (Å²) in [6, 6.07) is 6.06. The molecular weight excluding hydrogens is 277 g/mol. The Morgan fingerprint density at radius 1 is 1.16 bits per heavy atom. The summed E-state index contributed by atoms with van der Waals surface area (Å²) in [6.45, 7) is 4.70. The van der Waals surface area contributed by atoms with Crippen LogP contribution in [0.1, 0.15) is 38.7 Å². The Labute approximate surface area is 126 Å². The normalized spacial score (nSPS) is 29.2. The molecule has 0 aromatic heterocycles. The second-order valence-electron chi connectivity index (χ2n) is 6.14. The molecule has 0 saturated heterocycles. The van der Waals surface area contributed by atoms with E-state index < -0.39 is 0 Å². The first-order chi connectivity index (χ1) is 8.97. The average Bonchev–Trinajstić information content (AvgIpc) is 2.37. The molecule has 1 nitrogen and oxygen atoms in total. The fourth-order valence-electron chi connectivity index (χ4n) is 3.08. The Kier molecular flexibility index (Phi) is 5.16. The maximum Gasteiger partial charge on any atom is 0.0595 e. The standard InChI is InChI=1S/C16H23Cl2N/c1-10-3-5-13(7-11(10)2)16(19)9-12-4-6-14(17)15(18)8-12/h4,6,8,10-11,13,16H,3,5,7,9,19H2,1-2H3. The fraction of sp³-hybridized carbons (Fsp3) is 0.625. The quantitative estimate of drug-likeness (QED) is 0.841. The van der Waals surface area contributed by atoms with Crippen LogP contribution < -0.4 is 5.73 Å². The van der Waals surface area contributed by atoms with Crippen molar-refractivity contribution in [3.63, 3.8) is 0 Å². The number of rotatable bonds is 3. The zero-order valence-corrected chi connectivity index (χ0v) is 13.2. The predicted octanol–water partition coefficient (Wildman–Crippen LogP) is 4.94. The lowest BCUT2D eigenvalue weighted by atomic mass is 9.72. The third-order valence-electron chi connectivity index (χ3n) is 4.70. The van der Waals surface area contributed by atoms with Gasteiger partial charge in [-0.15, -0.1) is 0 Å². The highest BCUT2D eigenvalue weighted by Crippen LogP contribution is 2.35. The van der Waals surface area contributed by atoms with E-state index >= 15 is 0 Å². The minimum atomic E-state index is 0.229. The molecule has 106 valence electrons. The largest absolute Gasteiger partial charge is 0.327 e. The summed E-state index contributed by atoms with van der Waals surface area (Å²) < 4.78 is 0. The van der Waals surface area contributed by atoms with E-state index in [1.165, 1.54) is 24.8 Å². The minimum absolute atomic E-state index is 0.229. The topological polar surface area (TPSA) is 26.0 Å². The van der Waals surface area contributed by atoms with Gasteiger partial charge in [0.15, 0.2) is 0 Å². The Balaban J connectivity index is 1.97. The number of halogens is 2. The van der Waals surface area contributed by atoms with Crippen LogP contribution in [-0.4, -0.2) is 6.04 Å². The number of hydrogen-bond acceptors (Lipinski definition) is 1. The van der Waals surface area contributed by atoms with Crippen molar-refractivity contribution in [3.05, 3.63) is 33.8 Å².